The molecule has 6 atom stereocenters. The van der Waals surface area contributed by atoms with Crippen molar-refractivity contribution in [1.29, 1.82) is 5.26 Å². The lowest BCUT2D eigenvalue weighted by molar-refractivity contribution is -0.138. The Bertz CT molecular complexity index is 923. The van der Waals surface area contributed by atoms with Crippen LogP contribution >= 0.6 is 11.6 Å². The van der Waals surface area contributed by atoms with E-state index in [2.05, 4.69) is 0 Å². The van der Waals surface area contributed by atoms with Gasteiger partial charge in [0.2, 0.25) is 11.8 Å². The fourth-order valence-corrected chi connectivity index (χ4v) is 5.19. The summed E-state index contributed by atoms with van der Waals surface area (Å²) in [7, 11) is 0. The number of hydrogen-bond acceptors (Lipinski definition) is 5. The number of halogens is 4. The van der Waals surface area contributed by atoms with Gasteiger partial charge in [-0.15, -0.1) is 11.6 Å². The van der Waals surface area contributed by atoms with Gasteiger partial charge in [0.05, 0.1) is 45.7 Å². The summed E-state index contributed by atoms with van der Waals surface area (Å²) in [5, 5.41) is 18.4. The van der Waals surface area contributed by atoms with Crippen LogP contribution in [0.2, 0.25) is 0 Å². The summed E-state index contributed by atoms with van der Waals surface area (Å²) in [6.07, 6.45) is -6.05. The molecule has 2 bridgehead atoms. The van der Waals surface area contributed by atoms with Crippen molar-refractivity contribution in [2.75, 3.05) is 4.90 Å². The highest BCUT2D eigenvalue weighted by Gasteiger charge is 2.79. The number of anilines is 1. The molecule has 1 N–H and O–H groups in total. The number of alkyl halides is 4. The largest absolute Gasteiger partial charge is 0.417 e. The van der Waals surface area contributed by atoms with Crippen LogP contribution in [0.1, 0.15) is 25.0 Å². The van der Waals surface area contributed by atoms with E-state index in [1.165, 1.54) is 19.9 Å². The molecule has 0 radical (unpaired) electrons. The van der Waals surface area contributed by atoms with Crippen LogP contribution in [0.4, 0.5) is 18.9 Å². The van der Waals surface area contributed by atoms with Crippen LogP contribution in [0.15, 0.2) is 18.2 Å². The molecule has 10 heteroatoms. The first-order chi connectivity index (χ1) is 12.9. The predicted molar refractivity (Wildman–Crippen MR) is 89.2 cm³/mol. The van der Waals surface area contributed by atoms with Gasteiger partial charge >= 0.3 is 6.18 Å². The monoisotopic (exact) mass is 414 g/mol. The van der Waals surface area contributed by atoms with Gasteiger partial charge in [0.25, 0.3) is 0 Å². The molecule has 3 heterocycles. The Morgan fingerprint density at radius 1 is 1.21 bits per heavy atom. The second-order valence-corrected chi connectivity index (χ2v) is 8.09. The van der Waals surface area contributed by atoms with Crippen LogP contribution in [-0.2, 0) is 20.5 Å². The molecule has 3 saturated heterocycles. The standard InChI is InChI=1S/C18H14ClF3N2O4/c1-16-10-11(17(2,28-16)13(25)12(16)19)15(27)24(14(10)26)8-4-3-7(6-23)9(5-8)18(20,21)22/h3-5,10-13,25H,1-2H3/t10-,11+,12-,13+,16?,17?/m1/s1. The maximum Gasteiger partial charge on any atom is 0.417 e. The fourth-order valence-electron chi connectivity index (χ4n) is 4.76. The number of carbonyl (C=O) groups excluding carboxylic acids is 2. The summed E-state index contributed by atoms with van der Waals surface area (Å²) >= 11 is 6.25. The van der Waals surface area contributed by atoms with Crippen LogP contribution in [0, 0.1) is 23.2 Å². The Labute approximate surface area is 162 Å². The van der Waals surface area contributed by atoms with Gasteiger partial charge in [0, 0.05) is 0 Å². The number of rotatable bonds is 1. The minimum Gasteiger partial charge on any atom is -0.388 e. The van der Waals surface area contributed by atoms with E-state index in [1.54, 1.807) is 0 Å². The fraction of sp³-hybridized carbons (Fsp3) is 0.500. The molecule has 3 aliphatic rings. The van der Waals surface area contributed by atoms with Crippen LogP contribution in [0.3, 0.4) is 0 Å². The van der Waals surface area contributed by atoms with Gasteiger partial charge in [0.1, 0.15) is 11.7 Å². The Kier molecular flexibility index (Phi) is 3.74. The van der Waals surface area contributed by atoms with Gasteiger partial charge in [-0.1, -0.05) is 0 Å². The summed E-state index contributed by atoms with van der Waals surface area (Å²) in [5.41, 5.74) is -4.90. The van der Waals surface area contributed by atoms with Crippen molar-refractivity contribution < 1.29 is 32.6 Å². The summed E-state index contributed by atoms with van der Waals surface area (Å²) in [5.74, 6) is -3.60. The highest BCUT2D eigenvalue weighted by molar-refractivity contribution is 6.26. The van der Waals surface area contributed by atoms with Gasteiger partial charge in [0.15, 0.2) is 0 Å². The lowest BCUT2D eigenvalue weighted by Gasteiger charge is -2.35. The van der Waals surface area contributed by atoms with Crippen LogP contribution in [0.25, 0.3) is 0 Å². The van der Waals surface area contributed by atoms with Crippen molar-refractivity contribution in [1.82, 2.24) is 0 Å². The molecule has 0 spiro atoms. The molecule has 3 fully saturated rings. The molecule has 0 aliphatic carbocycles. The number of imide groups is 1. The molecule has 2 unspecified atom stereocenters. The normalized spacial score (nSPS) is 39.4. The Hall–Kier alpha value is -2.15. The Morgan fingerprint density at radius 3 is 2.32 bits per heavy atom. The lowest BCUT2D eigenvalue weighted by Crippen LogP contribution is -2.55. The molecular formula is C18H14ClF3N2O4. The molecule has 1 aromatic rings. The Morgan fingerprint density at radius 2 is 1.79 bits per heavy atom. The van der Waals surface area contributed by atoms with E-state index in [1.807, 2.05) is 0 Å². The van der Waals surface area contributed by atoms with Gasteiger partial charge < -0.3 is 9.84 Å². The molecule has 148 valence electrons. The second kappa shape index (κ2) is 5.47. The quantitative estimate of drug-likeness (QED) is 0.562. The first-order valence-electron chi connectivity index (χ1n) is 8.39. The smallest absolute Gasteiger partial charge is 0.388 e. The summed E-state index contributed by atoms with van der Waals surface area (Å²) in [4.78, 5) is 26.7. The average Bonchev–Trinajstić information content (AvgIpc) is 3.10. The predicted octanol–water partition coefficient (Wildman–Crippen LogP) is 2.21. The summed E-state index contributed by atoms with van der Waals surface area (Å²) in [6, 6.07) is 4.09. The molecule has 2 amide bonds. The third-order valence-electron chi connectivity index (χ3n) is 6.08. The number of aliphatic hydroxyl groups excluding tert-OH is 1. The molecular weight excluding hydrogens is 401 g/mol. The van der Waals surface area contributed by atoms with E-state index in [0.717, 1.165) is 12.1 Å². The number of amides is 2. The van der Waals surface area contributed by atoms with Crippen molar-refractivity contribution in [3.8, 4) is 6.07 Å². The van der Waals surface area contributed by atoms with Crippen LogP contribution < -0.4 is 4.90 Å². The zero-order chi connectivity index (χ0) is 20.8. The topological polar surface area (TPSA) is 90.6 Å². The van der Waals surface area contributed by atoms with E-state index >= 15 is 0 Å². The van der Waals surface area contributed by atoms with Gasteiger partial charge in [-0.3, -0.25) is 9.59 Å². The first-order valence-corrected chi connectivity index (χ1v) is 8.83. The number of benzene rings is 1. The van der Waals surface area contributed by atoms with Gasteiger partial charge in [-0.05, 0) is 32.0 Å². The number of nitriles is 1. The van der Waals surface area contributed by atoms with E-state index in [-0.39, 0.29) is 5.69 Å². The minimum absolute atomic E-state index is 0.289. The number of carbonyl (C=O) groups is 2. The first kappa shape index (κ1) is 19.2. The van der Waals surface area contributed by atoms with E-state index < -0.39 is 63.6 Å². The van der Waals surface area contributed by atoms with Crippen molar-refractivity contribution in [2.24, 2.45) is 11.8 Å². The molecule has 28 heavy (non-hydrogen) atoms. The van der Waals surface area contributed by atoms with E-state index in [0.29, 0.717) is 11.0 Å². The lowest BCUT2D eigenvalue weighted by atomic mass is 9.67. The van der Waals surface area contributed by atoms with Crippen molar-refractivity contribution >= 4 is 29.1 Å². The van der Waals surface area contributed by atoms with Crippen molar-refractivity contribution in [2.45, 2.75) is 42.7 Å². The van der Waals surface area contributed by atoms with E-state index in [9.17, 15) is 27.9 Å². The number of hydrogen-bond donors (Lipinski definition) is 1. The summed E-state index contributed by atoms with van der Waals surface area (Å²) < 4.78 is 45.6. The maximum atomic E-state index is 13.3. The highest BCUT2D eigenvalue weighted by Crippen LogP contribution is 2.62. The van der Waals surface area contributed by atoms with Crippen LogP contribution in [0.5, 0.6) is 0 Å². The molecule has 6 nitrogen and oxygen atoms in total. The minimum atomic E-state index is -4.83. The zero-order valence-electron chi connectivity index (χ0n) is 14.6. The number of ether oxygens (including phenoxy) is 1. The SMILES string of the molecule is CC12OC(C)([C@H](Cl)[C@@H]1O)[C@H]1C(=O)N(c3ccc(C#N)c(C(F)(F)F)c3)C(=O)[C@H]12. The summed E-state index contributed by atoms with van der Waals surface area (Å²) in [6.45, 7) is 2.98. The number of fused-ring (bicyclic) bond motifs is 5. The second-order valence-electron chi connectivity index (χ2n) is 7.62. The number of aliphatic hydroxyl groups is 1. The molecule has 0 aromatic heterocycles. The van der Waals surface area contributed by atoms with E-state index in [4.69, 9.17) is 21.6 Å². The maximum absolute atomic E-state index is 13.3. The van der Waals surface area contributed by atoms with Crippen LogP contribution in [-0.4, -0.2) is 39.6 Å². The number of nitrogens with zero attached hydrogens (tertiary/aromatic N) is 2. The van der Waals surface area contributed by atoms with Gasteiger partial charge in [-0.2, -0.15) is 18.4 Å². The highest BCUT2D eigenvalue weighted by atomic mass is 35.5. The average molecular weight is 415 g/mol. The molecule has 4 rings (SSSR count). The third-order valence-corrected chi connectivity index (χ3v) is 6.75. The zero-order valence-corrected chi connectivity index (χ0v) is 15.4. The Balaban J connectivity index is 1.82. The van der Waals surface area contributed by atoms with Crippen molar-refractivity contribution in [3.05, 3.63) is 29.3 Å². The molecule has 3 aliphatic heterocycles. The third kappa shape index (κ3) is 2.11. The molecule has 0 saturated carbocycles. The van der Waals surface area contributed by atoms with Gasteiger partial charge in [-0.25, -0.2) is 4.90 Å². The molecule has 1 aromatic carbocycles. The van der Waals surface area contributed by atoms with Crippen molar-refractivity contribution in [3.63, 3.8) is 0 Å².